The van der Waals surface area contributed by atoms with E-state index in [2.05, 4.69) is 79.6 Å². The third-order valence-corrected chi connectivity index (χ3v) is 33.9. The molecule has 6 aliphatic rings. The lowest BCUT2D eigenvalue weighted by molar-refractivity contribution is -0.139. The Morgan fingerprint density at radius 2 is 1.11 bits per heavy atom. The molecule has 5 amide bonds. The summed E-state index contributed by atoms with van der Waals surface area (Å²) >= 11 is 15.9. The van der Waals surface area contributed by atoms with Gasteiger partial charge in [-0.05, 0) is 232 Å². The standard InChI is InChI=1S/C27H31N5O4S2.C25H25ClN4O4S2.C24H26ClN5O4S.C21H19FN4O3S2.7H2/c1-19(2)25(32-14-5-7-20-6-3-4-8-23(20)32)26(34)30-15-16-31(24(33)18-30)21-9-11-22(12-10-21)38(35,36)29-27-28-13-17-37-27;1-17(30-12-8-18-2-5-20(26)16-22(18)30)23(31)29-13-9-25(32,10-14-29)19-3-6-21(7-4-19)36(33,34)28-24-27-11-15-35-24;1-17-13-20(14-18(2)24(17)25)34-15-23(31)30-11-9-29(10-12-30)19-3-5-21(6-4-19)35(32,33)28-22-7-8-26-16-27-22;22-17-2-1-3-18-16(17)8-11-26(18)19-9-12-25(20(19)27)14-4-6-15(7-5-14)31(28,29)24-21-23-10-13-30-21;;;;;;;/h3-4,6,8-13,17,19,25H,5,7,14-16,18H2,1-2H3,(H,28,29);2-8,11-12,15-17,32H,9-10,13-14H2,1H3,(H,27,28);3-8,13-14,16H,9-12,15H2,1-2H3,(H,26,27,28);1-7,10,13,19H,8-9,11-12H2,(H,23,24);7*1H/t25-;17-;;19-;;;;;;;/m11.0......./s1. The van der Waals surface area contributed by atoms with Crippen LogP contribution in [-0.4, -0.2) is 210 Å². The van der Waals surface area contributed by atoms with Crippen molar-refractivity contribution in [3.05, 3.63) is 279 Å². The Morgan fingerprint density at radius 3 is 1.66 bits per heavy atom. The van der Waals surface area contributed by atoms with Crippen molar-refractivity contribution in [2.75, 3.05) is 129 Å². The molecule has 5 aromatic heterocycles. The number of amides is 5. The Labute approximate surface area is 843 Å². The Kier molecular flexibility index (Phi) is 30.9. The number of benzene rings is 8. The van der Waals surface area contributed by atoms with E-state index in [9.17, 15) is 67.1 Å². The van der Waals surface area contributed by atoms with Crippen LogP contribution in [0.1, 0.15) is 90.3 Å². The average molecular weight is 2090 g/mol. The highest BCUT2D eigenvalue weighted by Gasteiger charge is 2.43. The van der Waals surface area contributed by atoms with Crippen molar-refractivity contribution in [3.63, 3.8) is 0 Å². The van der Waals surface area contributed by atoms with E-state index in [0.29, 0.717) is 140 Å². The highest BCUT2D eigenvalue weighted by atomic mass is 35.5. The number of para-hydroxylation sites is 1. The first-order chi connectivity index (χ1) is 67.1. The highest BCUT2D eigenvalue weighted by molar-refractivity contribution is 7.93. The number of hydrogen-bond acceptors (Lipinski definition) is 26. The summed E-state index contributed by atoms with van der Waals surface area (Å²) in [5.74, 6) is 0.294. The number of sulfonamides is 4. The maximum atomic E-state index is 14.1. The number of halogens is 3. The molecule has 4 saturated heterocycles. The molecule has 746 valence electrons. The lowest BCUT2D eigenvalue weighted by Crippen LogP contribution is -2.59. The quantitative estimate of drug-likeness (QED) is 0.0355. The normalized spacial score (nSPS) is 16.5. The largest absolute Gasteiger partial charge is 0.484 e. The molecule has 8 aromatic carbocycles. The number of carbonyl (C=O) groups is 5. The zero-order valence-corrected chi connectivity index (χ0v) is 83.9. The van der Waals surface area contributed by atoms with E-state index in [4.69, 9.17) is 27.9 Å². The van der Waals surface area contributed by atoms with Gasteiger partial charge >= 0.3 is 0 Å². The van der Waals surface area contributed by atoms with Gasteiger partial charge in [0.25, 0.3) is 46.0 Å². The Morgan fingerprint density at radius 1 is 0.557 bits per heavy atom. The molecule has 0 radical (unpaired) electrons. The summed E-state index contributed by atoms with van der Waals surface area (Å²) in [5.41, 5.74) is 8.14. The summed E-state index contributed by atoms with van der Waals surface area (Å²) in [7, 11) is -15.0. The summed E-state index contributed by atoms with van der Waals surface area (Å²) < 4.78 is 132. The number of fused-ring (bicyclic) bond motifs is 3. The molecule has 3 atom stereocenters. The molecule has 5 N–H and O–H groups in total. The Hall–Kier alpha value is -12.7. The second-order valence-corrected chi connectivity index (χ2v) is 44.6. The van der Waals surface area contributed by atoms with E-state index >= 15 is 0 Å². The van der Waals surface area contributed by atoms with Gasteiger partial charge in [0, 0.05) is 173 Å². The fourth-order valence-corrected chi connectivity index (χ4v) is 24.5. The van der Waals surface area contributed by atoms with E-state index in [0.717, 1.165) is 58.5 Å². The number of thiazole rings is 3. The van der Waals surface area contributed by atoms with Gasteiger partial charge in [0.2, 0.25) is 23.6 Å². The number of piperazine rings is 2. The smallest absolute Gasteiger partial charge is 0.263 e. The minimum Gasteiger partial charge on any atom is -0.484 e. The maximum absolute atomic E-state index is 14.1. The molecule has 0 aliphatic carbocycles. The molecule has 140 heavy (non-hydrogen) atoms. The van der Waals surface area contributed by atoms with Crippen LogP contribution in [0, 0.1) is 25.6 Å². The predicted molar refractivity (Wildman–Crippen MR) is 557 cm³/mol. The maximum Gasteiger partial charge on any atom is 0.263 e. The number of nitrogens with one attached hydrogen (secondary N) is 4. The van der Waals surface area contributed by atoms with Crippen molar-refractivity contribution in [1.82, 2.24) is 44.2 Å². The van der Waals surface area contributed by atoms with Crippen molar-refractivity contribution in [2.24, 2.45) is 5.92 Å². The minimum atomic E-state index is -3.78. The number of aliphatic hydroxyl groups is 1. The van der Waals surface area contributed by atoms with Crippen molar-refractivity contribution in [2.45, 2.75) is 116 Å². The fourth-order valence-electron chi connectivity index (χ4n) is 17.9. The number of anilines is 9. The van der Waals surface area contributed by atoms with Crippen LogP contribution in [0.4, 0.5) is 54.0 Å². The molecule has 4 fully saturated rings. The molecule has 11 heterocycles. The van der Waals surface area contributed by atoms with Gasteiger partial charge in [-0.1, -0.05) is 79.5 Å². The van der Waals surface area contributed by atoms with Crippen molar-refractivity contribution < 1.29 is 81.9 Å². The van der Waals surface area contributed by atoms with Crippen LogP contribution >= 0.6 is 57.2 Å². The molecule has 19 rings (SSSR count). The molecule has 43 heteroatoms. The summed E-state index contributed by atoms with van der Waals surface area (Å²) in [6, 6.07) is 50.1. The first-order valence-electron chi connectivity index (χ1n) is 45.0. The summed E-state index contributed by atoms with van der Waals surface area (Å²) in [6.07, 6.45) is 13.1. The van der Waals surface area contributed by atoms with Gasteiger partial charge in [0.05, 0.1) is 30.7 Å². The lowest BCUT2D eigenvalue weighted by Gasteiger charge is -2.43. The number of likely N-dealkylation sites (tertiary alicyclic amines) is 1. The van der Waals surface area contributed by atoms with Crippen LogP contribution in [0.25, 0.3) is 10.9 Å². The number of carbonyl (C=O) groups excluding carboxylic acids is 5. The number of aromatic nitrogens is 6. The van der Waals surface area contributed by atoms with Gasteiger partial charge in [-0.25, -0.2) is 63.0 Å². The van der Waals surface area contributed by atoms with Gasteiger partial charge in [0.15, 0.2) is 22.0 Å². The summed E-state index contributed by atoms with van der Waals surface area (Å²) in [6.45, 7) is 15.6. The van der Waals surface area contributed by atoms with E-state index in [1.165, 1.54) is 119 Å². The van der Waals surface area contributed by atoms with Gasteiger partial charge in [0.1, 0.15) is 48.4 Å². The number of hydrogen-bond donors (Lipinski definition) is 5. The van der Waals surface area contributed by atoms with Crippen molar-refractivity contribution >= 4 is 187 Å². The molecule has 0 saturated carbocycles. The zero-order valence-electron chi connectivity index (χ0n) is 76.7. The molecular weight excluding hydrogens is 1970 g/mol. The fraction of sp³-hybridized carbons (Fsp3) is 0.299. The van der Waals surface area contributed by atoms with Gasteiger partial charge in [-0.2, -0.15) is 0 Å². The zero-order chi connectivity index (χ0) is 99.0. The third-order valence-electron chi connectivity index (χ3n) is 25.1. The van der Waals surface area contributed by atoms with Crippen LogP contribution in [0.5, 0.6) is 5.75 Å². The second kappa shape index (κ2) is 43.2. The Balaban J connectivity index is 0.000000215. The topological polar surface area (TPSA) is 395 Å². The first kappa shape index (κ1) is 100. The lowest BCUT2D eigenvalue weighted by atomic mass is 9.84. The number of ether oxygens (including phenoxy) is 1. The van der Waals surface area contributed by atoms with Crippen molar-refractivity contribution in [3.8, 4) is 5.75 Å². The summed E-state index contributed by atoms with van der Waals surface area (Å²) in [4.78, 5) is 101. The van der Waals surface area contributed by atoms with E-state index in [-0.39, 0.29) is 107 Å². The number of nitrogens with zero attached hydrogens (tertiary/aromatic N) is 14. The van der Waals surface area contributed by atoms with Gasteiger partial charge in [-0.3, -0.25) is 42.9 Å². The molecule has 13 aromatic rings. The molecular formula is C97H115Cl2FN18O15S7. The number of aryl methyl sites for hydroxylation is 3. The Bertz CT molecular complexity index is 7140. The molecule has 0 unspecified atom stereocenters. The number of piperidine rings is 1. The van der Waals surface area contributed by atoms with E-state index < -0.39 is 51.7 Å². The SMILES string of the molecule is CC(C)[C@H](C(=O)N1CCN(c2ccc(S(=O)(=O)Nc3nccs3)cc2)C(=O)C1)N1CCCc2ccccc21.C[C@H](C(=O)N1CCC(O)(c2ccc(S(=O)(=O)Nc3nccs3)cc2)CC1)n1ccc2ccc(Cl)cc21.Cc1cc(OCC(=O)N2CCN(c3ccc(S(=O)(=O)Nc4ccncn4)cc3)CC2)cc(C)c1Cl.O=C1[C@@H](N2CCc3c(F)cccc32)CCN1c1ccc(S(=O)(=O)Nc2nccs2)cc1.[HH].[HH].[HH].[HH].[HH].[HH].[HH]. The van der Waals surface area contributed by atoms with Crippen LogP contribution in [0.2, 0.25) is 10.0 Å². The van der Waals surface area contributed by atoms with Crippen LogP contribution in [-0.2, 0) is 82.5 Å². The van der Waals surface area contributed by atoms with Gasteiger partial charge in [-0.15, -0.1) is 34.0 Å². The average Bonchev–Trinajstić information content (AvgIpc) is 1.76. The summed E-state index contributed by atoms with van der Waals surface area (Å²) in [5, 5.41) is 19.6. The van der Waals surface area contributed by atoms with Crippen LogP contribution in [0.3, 0.4) is 0 Å². The van der Waals surface area contributed by atoms with Gasteiger partial charge < -0.3 is 53.6 Å². The molecule has 6 aliphatic heterocycles. The van der Waals surface area contributed by atoms with Crippen molar-refractivity contribution in [1.29, 1.82) is 0 Å². The van der Waals surface area contributed by atoms with E-state index in [1.807, 2.05) is 91.0 Å². The highest BCUT2D eigenvalue weighted by Crippen LogP contribution is 2.40. The third kappa shape index (κ3) is 23.1. The number of rotatable bonds is 25. The van der Waals surface area contributed by atoms with Crippen LogP contribution < -0.4 is 48.1 Å². The predicted octanol–water partition coefficient (Wildman–Crippen LogP) is 16.5. The molecule has 0 bridgehead atoms. The first-order valence-corrected chi connectivity index (χ1v) is 54.4. The second-order valence-electron chi connectivity index (χ2n) is 34.4. The molecule has 33 nitrogen and oxygen atoms in total. The minimum absolute atomic E-state index is 0. The monoisotopic (exact) mass is 2080 g/mol. The molecule has 0 spiro atoms. The van der Waals surface area contributed by atoms with E-state index in [1.54, 1.807) is 107 Å². The van der Waals surface area contributed by atoms with Crippen LogP contribution in [0.15, 0.2) is 255 Å².